The van der Waals surface area contributed by atoms with Gasteiger partial charge in [-0.25, -0.2) is 0 Å². The van der Waals surface area contributed by atoms with E-state index in [0.717, 1.165) is 16.0 Å². The Morgan fingerprint density at radius 2 is 1.32 bits per heavy atom. The maximum Gasteiger partial charge on any atom is 0.313 e. The number of rotatable bonds is 10. The molecule has 0 fully saturated rings. The van der Waals surface area contributed by atoms with Gasteiger partial charge in [0, 0.05) is 18.7 Å². The molecule has 3 rings (SSSR count). The molecule has 0 aliphatic carbocycles. The summed E-state index contributed by atoms with van der Waals surface area (Å²) in [5.41, 5.74) is 1.55. The van der Waals surface area contributed by atoms with Crippen molar-refractivity contribution in [1.29, 1.82) is 0 Å². The van der Waals surface area contributed by atoms with Gasteiger partial charge in [0.1, 0.15) is 0 Å². The number of hydrogen-bond donors (Lipinski definition) is 0. The van der Waals surface area contributed by atoms with Crippen LogP contribution in [-0.4, -0.2) is 57.7 Å². The highest BCUT2D eigenvalue weighted by molar-refractivity contribution is 6.13. The Kier molecular flexibility index (Phi) is 7.92. The first-order chi connectivity index (χ1) is 16.4. The van der Waals surface area contributed by atoms with Crippen molar-refractivity contribution in [2.24, 2.45) is 0 Å². The van der Waals surface area contributed by atoms with Crippen molar-refractivity contribution >= 4 is 29.9 Å². The van der Waals surface area contributed by atoms with Crippen LogP contribution in [0.15, 0.2) is 42.5 Å². The molecule has 0 radical (unpaired) electrons. The Hall–Kier alpha value is -4.27. The quantitative estimate of drug-likeness (QED) is 0.227. The van der Waals surface area contributed by atoms with Crippen molar-refractivity contribution in [1.82, 2.24) is 4.90 Å². The van der Waals surface area contributed by atoms with E-state index >= 15 is 0 Å². The monoisotopic (exact) mass is 467 g/mol. The van der Waals surface area contributed by atoms with Crippen LogP contribution in [-0.2, 0) is 14.4 Å². The lowest BCUT2D eigenvalue weighted by atomic mass is 10.1. The van der Waals surface area contributed by atoms with Crippen LogP contribution in [0.3, 0.4) is 0 Å². The molecule has 0 atom stereocenters. The van der Waals surface area contributed by atoms with Gasteiger partial charge in [-0.1, -0.05) is 18.2 Å². The van der Waals surface area contributed by atoms with Crippen LogP contribution in [0.5, 0.6) is 28.7 Å². The molecule has 1 aliphatic rings. The predicted octanol–water partition coefficient (Wildman–Crippen LogP) is 3.11. The molecule has 9 heteroatoms. The zero-order valence-electron chi connectivity index (χ0n) is 19.3. The maximum atomic E-state index is 12.3. The summed E-state index contributed by atoms with van der Waals surface area (Å²) >= 11 is 0. The first kappa shape index (κ1) is 24.4. The van der Waals surface area contributed by atoms with Gasteiger partial charge in [0.25, 0.3) is 11.8 Å². The topological polar surface area (TPSA) is 101 Å². The standard InChI is InChI=1S/C25H25NO8/c1-30-18-8-7-16(5-6-17-14-20(31-2)25(33-4)21(15-17)32-3)13-19(18)34-24(29)11-12-26-22(27)9-10-23(26)28/h5-10,13-15H,11-12H2,1-4H3. The molecule has 2 amide bonds. The largest absolute Gasteiger partial charge is 0.493 e. The number of carbonyl (C=O) groups is 3. The summed E-state index contributed by atoms with van der Waals surface area (Å²) in [5, 5.41) is 0. The second-order valence-corrected chi connectivity index (χ2v) is 7.09. The molecule has 0 spiro atoms. The van der Waals surface area contributed by atoms with Crippen LogP contribution in [0, 0.1) is 0 Å². The summed E-state index contributed by atoms with van der Waals surface area (Å²) in [6, 6.07) is 8.74. The summed E-state index contributed by atoms with van der Waals surface area (Å²) in [5.74, 6) is 0.631. The van der Waals surface area contributed by atoms with Gasteiger partial charge in [0.2, 0.25) is 5.75 Å². The summed E-state index contributed by atoms with van der Waals surface area (Å²) < 4.78 is 26.8. The Balaban J connectivity index is 1.75. The average molecular weight is 467 g/mol. The average Bonchev–Trinajstić information content (AvgIpc) is 3.17. The zero-order valence-corrected chi connectivity index (χ0v) is 19.3. The van der Waals surface area contributed by atoms with E-state index in [1.165, 1.54) is 26.4 Å². The third-order valence-corrected chi connectivity index (χ3v) is 5.01. The van der Waals surface area contributed by atoms with E-state index in [-0.39, 0.29) is 18.7 Å². The summed E-state index contributed by atoms with van der Waals surface area (Å²) in [6.07, 6.45) is 5.86. The molecule has 0 saturated carbocycles. The van der Waals surface area contributed by atoms with Gasteiger partial charge in [-0.05, 0) is 35.4 Å². The van der Waals surface area contributed by atoms with Crippen LogP contribution in [0.2, 0.25) is 0 Å². The fraction of sp³-hybridized carbons (Fsp3) is 0.240. The van der Waals surface area contributed by atoms with Crippen molar-refractivity contribution in [3.8, 4) is 28.7 Å². The number of ether oxygens (including phenoxy) is 5. The molecular formula is C25H25NO8. The van der Waals surface area contributed by atoms with Gasteiger partial charge in [-0.15, -0.1) is 0 Å². The van der Waals surface area contributed by atoms with E-state index in [4.69, 9.17) is 23.7 Å². The van der Waals surface area contributed by atoms with Crippen molar-refractivity contribution in [2.75, 3.05) is 35.0 Å². The van der Waals surface area contributed by atoms with Gasteiger partial charge in [0.05, 0.1) is 34.9 Å². The lowest BCUT2D eigenvalue weighted by Gasteiger charge is -2.14. The second-order valence-electron chi connectivity index (χ2n) is 7.09. The number of imide groups is 1. The smallest absolute Gasteiger partial charge is 0.313 e. The first-order valence-electron chi connectivity index (χ1n) is 10.3. The third kappa shape index (κ3) is 5.55. The molecule has 2 aromatic rings. The fourth-order valence-electron chi connectivity index (χ4n) is 3.30. The summed E-state index contributed by atoms with van der Waals surface area (Å²) in [6.45, 7) is -0.0630. The van der Waals surface area contributed by atoms with Crippen LogP contribution in [0.25, 0.3) is 12.2 Å². The van der Waals surface area contributed by atoms with Crippen molar-refractivity contribution < 1.29 is 38.1 Å². The van der Waals surface area contributed by atoms with Crippen molar-refractivity contribution in [3.63, 3.8) is 0 Å². The number of carbonyl (C=O) groups excluding carboxylic acids is 3. The van der Waals surface area contributed by atoms with Crippen molar-refractivity contribution in [3.05, 3.63) is 53.6 Å². The fourth-order valence-corrected chi connectivity index (χ4v) is 3.30. The Morgan fingerprint density at radius 1 is 0.765 bits per heavy atom. The lowest BCUT2D eigenvalue weighted by molar-refractivity contribution is -0.139. The molecule has 1 heterocycles. The second kappa shape index (κ2) is 11.0. The van der Waals surface area contributed by atoms with Crippen LogP contribution < -0.4 is 23.7 Å². The molecule has 9 nitrogen and oxygen atoms in total. The van der Waals surface area contributed by atoms with Gasteiger partial charge in [0.15, 0.2) is 23.0 Å². The minimum atomic E-state index is -0.600. The maximum absolute atomic E-state index is 12.3. The Labute approximate surface area is 197 Å². The number of benzene rings is 2. The van der Waals surface area contributed by atoms with Crippen LogP contribution >= 0.6 is 0 Å². The molecular weight excluding hydrogens is 442 g/mol. The van der Waals surface area contributed by atoms with Gasteiger partial charge in [-0.2, -0.15) is 0 Å². The highest BCUT2D eigenvalue weighted by Crippen LogP contribution is 2.38. The molecule has 0 bridgehead atoms. The zero-order chi connectivity index (χ0) is 24.7. The molecule has 0 unspecified atom stereocenters. The van der Waals surface area contributed by atoms with E-state index in [2.05, 4.69) is 0 Å². The highest BCUT2D eigenvalue weighted by atomic mass is 16.6. The summed E-state index contributed by atoms with van der Waals surface area (Å²) in [7, 11) is 6.08. The SMILES string of the molecule is COc1ccc(C=Cc2cc(OC)c(OC)c(OC)c2)cc1OC(=O)CCN1C(=O)C=CC1=O. The minimum absolute atomic E-state index is 0.0630. The van der Waals surface area contributed by atoms with Crippen LogP contribution in [0.1, 0.15) is 17.5 Å². The number of nitrogens with zero attached hydrogens (tertiary/aromatic N) is 1. The molecule has 178 valence electrons. The van der Waals surface area contributed by atoms with E-state index < -0.39 is 17.8 Å². The number of esters is 1. The molecule has 0 aromatic heterocycles. The predicted molar refractivity (Wildman–Crippen MR) is 124 cm³/mol. The van der Waals surface area contributed by atoms with E-state index in [0.29, 0.717) is 23.0 Å². The van der Waals surface area contributed by atoms with Crippen molar-refractivity contribution in [2.45, 2.75) is 6.42 Å². The van der Waals surface area contributed by atoms with E-state index in [1.807, 2.05) is 12.2 Å². The Morgan fingerprint density at radius 3 is 1.88 bits per heavy atom. The molecule has 1 aliphatic heterocycles. The van der Waals surface area contributed by atoms with E-state index in [9.17, 15) is 14.4 Å². The number of amides is 2. The molecule has 2 aromatic carbocycles. The normalized spacial score (nSPS) is 12.9. The molecule has 0 N–H and O–H groups in total. The van der Waals surface area contributed by atoms with Gasteiger partial charge in [-0.3, -0.25) is 19.3 Å². The first-order valence-corrected chi connectivity index (χ1v) is 10.3. The number of methoxy groups -OCH3 is 4. The molecule has 0 saturated heterocycles. The lowest BCUT2D eigenvalue weighted by Crippen LogP contribution is -2.32. The van der Waals surface area contributed by atoms with Gasteiger partial charge >= 0.3 is 5.97 Å². The van der Waals surface area contributed by atoms with E-state index in [1.54, 1.807) is 44.6 Å². The highest BCUT2D eigenvalue weighted by Gasteiger charge is 2.24. The third-order valence-electron chi connectivity index (χ3n) is 5.01. The van der Waals surface area contributed by atoms with Crippen LogP contribution in [0.4, 0.5) is 0 Å². The van der Waals surface area contributed by atoms with Gasteiger partial charge < -0.3 is 23.7 Å². The molecule has 34 heavy (non-hydrogen) atoms. The summed E-state index contributed by atoms with van der Waals surface area (Å²) in [4.78, 5) is 36.6. The Bertz CT molecular complexity index is 1110. The minimum Gasteiger partial charge on any atom is -0.493 e. The number of hydrogen-bond acceptors (Lipinski definition) is 8.